The number of pyridine rings is 1. The predicted octanol–water partition coefficient (Wildman–Crippen LogP) is 2.38. The monoisotopic (exact) mass is 282 g/mol. The number of nitrogens with one attached hydrogen (secondary N) is 1. The molecule has 0 unspecified atom stereocenters. The van der Waals surface area contributed by atoms with Crippen LogP contribution in [-0.2, 0) is 4.79 Å². The van der Waals surface area contributed by atoms with Crippen LogP contribution in [0.25, 0.3) is 6.08 Å². The van der Waals surface area contributed by atoms with Crippen molar-refractivity contribution >= 4 is 29.2 Å². The van der Waals surface area contributed by atoms with Crippen LogP contribution in [0.1, 0.15) is 5.56 Å². The maximum Gasteiger partial charge on any atom is 0.248 e. The average Bonchev–Trinajstić information content (AvgIpc) is 2.48. The third-order valence-electron chi connectivity index (χ3n) is 2.87. The van der Waals surface area contributed by atoms with Crippen molar-refractivity contribution < 1.29 is 4.79 Å². The second-order valence-corrected chi connectivity index (χ2v) is 4.72. The van der Waals surface area contributed by atoms with E-state index in [0.717, 1.165) is 11.4 Å². The van der Waals surface area contributed by atoms with Gasteiger partial charge in [-0.25, -0.2) is 4.98 Å². The molecule has 1 amide bonds. The van der Waals surface area contributed by atoms with E-state index in [2.05, 4.69) is 10.3 Å². The van der Waals surface area contributed by atoms with Crippen molar-refractivity contribution in [2.45, 2.75) is 0 Å². The number of nitrogens with two attached hydrogens (primary N) is 1. The predicted molar refractivity (Wildman–Crippen MR) is 87.1 cm³/mol. The molecule has 0 aliphatic heterocycles. The number of hydrogen-bond donors (Lipinski definition) is 2. The average molecular weight is 282 g/mol. The molecule has 3 N–H and O–H groups in total. The molecule has 0 fully saturated rings. The molecule has 21 heavy (non-hydrogen) atoms. The molecule has 1 heterocycles. The summed E-state index contributed by atoms with van der Waals surface area (Å²) in [6, 6.07) is 10.9. The zero-order chi connectivity index (χ0) is 15.2. The molecule has 0 saturated carbocycles. The normalized spacial score (nSPS) is 10.6. The van der Waals surface area contributed by atoms with Crippen molar-refractivity contribution in [3.05, 3.63) is 54.2 Å². The van der Waals surface area contributed by atoms with E-state index < -0.39 is 0 Å². The van der Waals surface area contributed by atoms with E-state index in [-0.39, 0.29) is 5.91 Å². The molecule has 0 atom stereocenters. The highest BCUT2D eigenvalue weighted by molar-refractivity contribution is 6.03. The van der Waals surface area contributed by atoms with E-state index in [9.17, 15) is 4.79 Å². The summed E-state index contributed by atoms with van der Waals surface area (Å²) in [5, 5.41) is 2.74. The molecule has 0 aliphatic rings. The minimum Gasteiger partial charge on any atom is -0.397 e. The minimum atomic E-state index is -0.235. The van der Waals surface area contributed by atoms with Gasteiger partial charge in [0.1, 0.15) is 5.82 Å². The van der Waals surface area contributed by atoms with Crippen LogP contribution in [0.3, 0.4) is 0 Å². The Morgan fingerprint density at radius 1 is 1.24 bits per heavy atom. The largest absolute Gasteiger partial charge is 0.397 e. The van der Waals surface area contributed by atoms with Gasteiger partial charge in [0.2, 0.25) is 5.91 Å². The maximum atomic E-state index is 11.9. The van der Waals surface area contributed by atoms with Crippen molar-refractivity contribution in [3.8, 4) is 0 Å². The second kappa shape index (κ2) is 6.56. The van der Waals surface area contributed by atoms with Gasteiger partial charge in [0.25, 0.3) is 0 Å². The van der Waals surface area contributed by atoms with Gasteiger partial charge in [-0.05, 0) is 30.3 Å². The number of benzene rings is 1. The van der Waals surface area contributed by atoms with Gasteiger partial charge < -0.3 is 16.0 Å². The Kier molecular flexibility index (Phi) is 4.56. The fourth-order valence-corrected chi connectivity index (χ4v) is 1.86. The lowest BCUT2D eigenvalue weighted by Gasteiger charge is -2.13. The van der Waals surface area contributed by atoms with Crippen molar-refractivity contribution in [2.75, 3.05) is 30.0 Å². The van der Waals surface area contributed by atoms with Crippen LogP contribution in [0.5, 0.6) is 0 Å². The van der Waals surface area contributed by atoms with E-state index in [0.29, 0.717) is 11.4 Å². The Morgan fingerprint density at radius 3 is 2.71 bits per heavy atom. The molecular formula is C16H18N4O. The fraction of sp³-hybridized carbons (Fsp3) is 0.125. The topological polar surface area (TPSA) is 71.2 Å². The van der Waals surface area contributed by atoms with E-state index in [4.69, 9.17) is 5.73 Å². The molecule has 1 aromatic carbocycles. The highest BCUT2D eigenvalue weighted by Gasteiger charge is 2.04. The molecule has 0 saturated heterocycles. The first-order valence-electron chi connectivity index (χ1n) is 6.54. The number of hydrogen-bond acceptors (Lipinski definition) is 4. The zero-order valence-electron chi connectivity index (χ0n) is 12.1. The first-order chi connectivity index (χ1) is 10.1. The minimum absolute atomic E-state index is 0.235. The maximum absolute atomic E-state index is 11.9. The van der Waals surface area contributed by atoms with Gasteiger partial charge in [-0.15, -0.1) is 0 Å². The Balaban J connectivity index is 2.11. The Bertz CT molecular complexity index is 665. The lowest BCUT2D eigenvalue weighted by Crippen LogP contribution is -2.12. The van der Waals surface area contributed by atoms with Gasteiger partial charge in [0.15, 0.2) is 0 Å². The lowest BCUT2D eigenvalue weighted by atomic mass is 10.2. The van der Waals surface area contributed by atoms with Crippen LogP contribution < -0.4 is 16.0 Å². The van der Waals surface area contributed by atoms with Gasteiger partial charge in [0, 0.05) is 31.9 Å². The summed E-state index contributed by atoms with van der Waals surface area (Å²) < 4.78 is 0. The first kappa shape index (κ1) is 14.6. The summed E-state index contributed by atoms with van der Waals surface area (Å²) >= 11 is 0. The van der Waals surface area contributed by atoms with Gasteiger partial charge in [-0.3, -0.25) is 4.79 Å². The van der Waals surface area contributed by atoms with Crippen LogP contribution in [-0.4, -0.2) is 25.0 Å². The van der Waals surface area contributed by atoms with E-state index >= 15 is 0 Å². The summed E-state index contributed by atoms with van der Waals surface area (Å²) in [5.41, 5.74) is 7.80. The lowest BCUT2D eigenvalue weighted by molar-refractivity contribution is -0.111. The Morgan fingerprint density at radius 2 is 2.00 bits per heavy atom. The molecule has 1 aromatic heterocycles. The van der Waals surface area contributed by atoms with Crippen molar-refractivity contribution in [1.82, 2.24) is 4.98 Å². The third kappa shape index (κ3) is 3.82. The highest BCUT2D eigenvalue weighted by Crippen LogP contribution is 2.18. The molecule has 108 valence electrons. The summed E-state index contributed by atoms with van der Waals surface area (Å²) in [5.74, 6) is 0.572. The van der Waals surface area contributed by atoms with E-state index in [1.807, 2.05) is 43.3 Å². The van der Waals surface area contributed by atoms with Gasteiger partial charge in [-0.1, -0.05) is 12.1 Å². The van der Waals surface area contributed by atoms with Gasteiger partial charge in [0.05, 0.1) is 11.4 Å². The summed E-state index contributed by atoms with van der Waals surface area (Å²) in [7, 11) is 3.81. The molecule has 5 nitrogen and oxygen atoms in total. The third-order valence-corrected chi connectivity index (χ3v) is 2.87. The van der Waals surface area contributed by atoms with Crippen LogP contribution in [0.15, 0.2) is 48.7 Å². The number of nitrogen functional groups attached to an aromatic ring is 1. The fourth-order valence-electron chi connectivity index (χ4n) is 1.86. The van der Waals surface area contributed by atoms with Gasteiger partial charge in [-0.2, -0.15) is 0 Å². The molecule has 0 bridgehead atoms. The van der Waals surface area contributed by atoms with Gasteiger partial charge >= 0.3 is 0 Å². The van der Waals surface area contributed by atoms with Crippen LogP contribution in [0.4, 0.5) is 17.2 Å². The van der Waals surface area contributed by atoms with Crippen molar-refractivity contribution in [1.29, 1.82) is 0 Å². The number of rotatable bonds is 4. The SMILES string of the molecule is CN(C)c1ncccc1/C=C/C(=O)Nc1ccccc1N. The van der Waals surface area contributed by atoms with E-state index in [1.165, 1.54) is 6.08 Å². The Labute approximate surface area is 124 Å². The number of anilines is 3. The summed E-state index contributed by atoms with van der Waals surface area (Å²) in [6.07, 6.45) is 4.92. The molecule has 0 spiro atoms. The number of nitrogens with zero attached hydrogens (tertiary/aromatic N) is 2. The van der Waals surface area contributed by atoms with Crippen molar-refractivity contribution in [3.63, 3.8) is 0 Å². The standard InChI is InChI=1S/C16H18N4O/c1-20(2)16-12(6-5-11-18-16)9-10-15(21)19-14-8-4-3-7-13(14)17/h3-11H,17H2,1-2H3,(H,19,21)/b10-9+. The van der Waals surface area contributed by atoms with Crippen LogP contribution in [0.2, 0.25) is 0 Å². The summed E-state index contributed by atoms with van der Waals surface area (Å²) in [6.45, 7) is 0. The molecule has 5 heteroatoms. The molecule has 0 radical (unpaired) electrons. The molecule has 0 aliphatic carbocycles. The summed E-state index contributed by atoms with van der Waals surface area (Å²) in [4.78, 5) is 18.1. The zero-order valence-corrected chi connectivity index (χ0v) is 12.1. The van der Waals surface area contributed by atoms with Crippen LogP contribution >= 0.6 is 0 Å². The first-order valence-corrected chi connectivity index (χ1v) is 6.54. The smallest absolute Gasteiger partial charge is 0.248 e. The number of carbonyl (C=O) groups is 1. The number of para-hydroxylation sites is 2. The number of aromatic nitrogens is 1. The van der Waals surface area contributed by atoms with E-state index in [1.54, 1.807) is 24.4 Å². The van der Waals surface area contributed by atoms with Crippen LogP contribution in [0, 0.1) is 0 Å². The highest BCUT2D eigenvalue weighted by atomic mass is 16.1. The Hall–Kier alpha value is -2.82. The molecule has 2 aromatic rings. The number of amides is 1. The second-order valence-electron chi connectivity index (χ2n) is 4.72. The number of carbonyl (C=O) groups excluding carboxylic acids is 1. The molecule has 2 rings (SSSR count). The van der Waals surface area contributed by atoms with Crippen molar-refractivity contribution in [2.24, 2.45) is 0 Å². The molecular weight excluding hydrogens is 264 g/mol. The quantitative estimate of drug-likeness (QED) is 0.667.